The van der Waals surface area contributed by atoms with E-state index in [1.807, 2.05) is 7.05 Å². The Labute approximate surface area is 100.0 Å². The molecule has 0 saturated carbocycles. The number of aliphatic hydroxyl groups is 1. The smallest absolute Gasteiger partial charge is 0.334 e. The van der Waals surface area contributed by atoms with E-state index >= 15 is 0 Å². The van der Waals surface area contributed by atoms with Crippen molar-refractivity contribution in [3.63, 3.8) is 0 Å². The Balaban J connectivity index is 2.34. The number of likely N-dealkylation sites (N-methyl/N-ethyl adjacent to an activating group) is 1. The van der Waals surface area contributed by atoms with Gasteiger partial charge in [-0.15, -0.1) is 0 Å². The molecule has 1 fully saturated rings. The minimum atomic E-state index is -1.55. The quantitative estimate of drug-likeness (QED) is 0.579. The number of hydrogen-bond donors (Lipinski definition) is 3. The molecule has 17 heavy (non-hydrogen) atoms. The van der Waals surface area contributed by atoms with Gasteiger partial charge in [-0.25, -0.2) is 9.59 Å². The highest BCUT2D eigenvalue weighted by Crippen LogP contribution is 2.01. The van der Waals surface area contributed by atoms with Crippen LogP contribution in [0.1, 0.15) is 6.42 Å². The van der Waals surface area contributed by atoms with Crippen molar-refractivity contribution in [1.29, 1.82) is 0 Å². The van der Waals surface area contributed by atoms with Crippen LogP contribution in [0.3, 0.4) is 0 Å². The lowest BCUT2D eigenvalue weighted by molar-refractivity contribution is -0.146. The molecule has 0 spiro atoms. The van der Waals surface area contributed by atoms with Crippen LogP contribution >= 0.6 is 0 Å². The van der Waals surface area contributed by atoms with Crippen molar-refractivity contribution in [1.82, 2.24) is 15.1 Å². The number of nitrogens with zero attached hydrogens (tertiary/aromatic N) is 2. The van der Waals surface area contributed by atoms with Gasteiger partial charge in [0.15, 0.2) is 6.10 Å². The van der Waals surface area contributed by atoms with Gasteiger partial charge >= 0.3 is 12.0 Å². The largest absolute Gasteiger partial charge is 0.479 e. The number of nitrogens with one attached hydrogen (secondary N) is 1. The topological polar surface area (TPSA) is 93.1 Å². The Kier molecular flexibility index (Phi) is 5.17. The zero-order valence-corrected chi connectivity index (χ0v) is 9.93. The fourth-order valence-electron chi connectivity index (χ4n) is 1.63. The Morgan fingerprint density at radius 2 is 2.00 bits per heavy atom. The normalized spacial score (nSPS) is 19.5. The van der Waals surface area contributed by atoms with Crippen molar-refractivity contribution in [2.75, 3.05) is 39.8 Å². The highest BCUT2D eigenvalue weighted by Gasteiger charge is 2.19. The van der Waals surface area contributed by atoms with Gasteiger partial charge in [0.25, 0.3) is 0 Å². The molecule has 0 bridgehead atoms. The Morgan fingerprint density at radius 1 is 1.29 bits per heavy atom. The molecule has 0 aliphatic carbocycles. The number of urea groups is 1. The van der Waals surface area contributed by atoms with Gasteiger partial charge in [0.1, 0.15) is 0 Å². The summed E-state index contributed by atoms with van der Waals surface area (Å²) in [5.74, 6) is -1.33. The molecule has 0 aromatic heterocycles. The SMILES string of the molecule is CN1CCCN(C(=O)NCC(O)C(=O)O)CC1. The minimum absolute atomic E-state index is 0.263. The number of amides is 2. The van der Waals surface area contributed by atoms with Crippen molar-refractivity contribution in [2.45, 2.75) is 12.5 Å². The van der Waals surface area contributed by atoms with Crippen LogP contribution in [0.5, 0.6) is 0 Å². The summed E-state index contributed by atoms with van der Waals surface area (Å²) in [7, 11) is 2.00. The van der Waals surface area contributed by atoms with Gasteiger partial charge in [0.05, 0.1) is 6.54 Å². The van der Waals surface area contributed by atoms with E-state index in [1.54, 1.807) is 4.90 Å². The van der Waals surface area contributed by atoms with E-state index in [2.05, 4.69) is 10.2 Å². The number of carbonyl (C=O) groups is 2. The zero-order chi connectivity index (χ0) is 12.8. The molecule has 7 nitrogen and oxygen atoms in total. The van der Waals surface area contributed by atoms with Gasteiger partial charge in [-0.1, -0.05) is 0 Å². The average Bonchev–Trinajstić information content (AvgIpc) is 2.50. The summed E-state index contributed by atoms with van der Waals surface area (Å²) in [5.41, 5.74) is 0. The molecule has 2 amide bonds. The molecule has 7 heteroatoms. The van der Waals surface area contributed by atoms with Gasteiger partial charge in [0, 0.05) is 19.6 Å². The number of aliphatic hydroxyl groups excluding tert-OH is 1. The summed E-state index contributed by atoms with van der Waals surface area (Å²) >= 11 is 0. The van der Waals surface area contributed by atoms with E-state index in [-0.39, 0.29) is 12.6 Å². The van der Waals surface area contributed by atoms with E-state index in [1.165, 1.54) is 0 Å². The first-order valence-corrected chi connectivity index (χ1v) is 5.63. The third-order valence-corrected chi connectivity index (χ3v) is 2.74. The molecule has 0 radical (unpaired) electrons. The summed E-state index contributed by atoms with van der Waals surface area (Å²) in [6.45, 7) is 2.75. The first-order chi connectivity index (χ1) is 8.00. The van der Waals surface area contributed by atoms with Crippen molar-refractivity contribution >= 4 is 12.0 Å². The van der Waals surface area contributed by atoms with E-state index in [0.717, 1.165) is 19.5 Å². The van der Waals surface area contributed by atoms with Crippen LogP contribution in [-0.4, -0.2) is 77.9 Å². The van der Waals surface area contributed by atoms with Crippen LogP contribution in [-0.2, 0) is 4.79 Å². The van der Waals surface area contributed by atoms with E-state index in [4.69, 9.17) is 10.2 Å². The number of carbonyl (C=O) groups excluding carboxylic acids is 1. The maximum absolute atomic E-state index is 11.7. The second-order valence-electron chi connectivity index (χ2n) is 4.18. The Bertz CT molecular complexity index is 285. The fourth-order valence-corrected chi connectivity index (χ4v) is 1.63. The lowest BCUT2D eigenvalue weighted by atomic mass is 10.3. The molecule has 1 atom stereocenters. The highest BCUT2D eigenvalue weighted by atomic mass is 16.4. The molecule has 0 aromatic carbocycles. The third kappa shape index (κ3) is 4.58. The number of aliphatic carboxylic acids is 1. The lowest BCUT2D eigenvalue weighted by Crippen LogP contribution is -2.45. The molecular weight excluding hydrogens is 226 g/mol. The summed E-state index contributed by atoms with van der Waals surface area (Å²) in [4.78, 5) is 25.8. The summed E-state index contributed by atoms with van der Waals surface area (Å²) in [6, 6.07) is -0.319. The van der Waals surface area contributed by atoms with Crippen LogP contribution in [0.4, 0.5) is 4.79 Å². The van der Waals surface area contributed by atoms with Crippen LogP contribution in [0.2, 0.25) is 0 Å². The van der Waals surface area contributed by atoms with Crippen LogP contribution in [0.15, 0.2) is 0 Å². The molecule has 1 unspecified atom stereocenters. The third-order valence-electron chi connectivity index (χ3n) is 2.74. The van der Waals surface area contributed by atoms with Gasteiger partial charge < -0.3 is 25.3 Å². The Hall–Kier alpha value is -1.34. The molecule has 1 aliphatic rings. The molecular formula is C10H19N3O4. The molecule has 0 aromatic rings. The first-order valence-electron chi connectivity index (χ1n) is 5.63. The summed E-state index contributed by atoms with van der Waals surface area (Å²) in [6.07, 6.45) is -0.653. The molecule has 1 heterocycles. The number of hydrogen-bond acceptors (Lipinski definition) is 4. The first kappa shape index (κ1) is 13.7. The van der Waals surface area contributed by atoms with Crippen molar-refractivity contribution < 1.29 is 19.8 Å². The predicted molar refractivity (Wildman–Crippen MR) is 60.7 cm³/mol. The zero-order valence-electron chi connectivity index (χ0n) is 9.93. The maximum atomic E-state index is 11.7. The van der Waals surface area contributed by atoms with Gasteiger partial charge in [-0.2, -0.15) is 0 Å². The van der Waals surface area contributed by atoms with Gasteiger partial charge in [-0.3, -0.25) is 0 Å². The second-order valence-corrected chi connectivity index (χ2v) is 4.18. The highest BCUT2D eigenvalue weighted by molar-refractivity contribution is 5.76. The van der Waals surface area contributed by atoms with Crippen LogP contribution in [0.25, 0.3) is 0 Å². The second kappa shape index (κ2) is 6.41. The molecule has 98 valence electrons. The van der Waals surface area contributed by atoms with Crippen molar-refractivity contribution in [2.24, 2.45) is 0 Å². The van der Waals surface area contributed by atoms with Crippen LogP contribution < -0.4 is 5.32 Å². The molecule has 1 saturated heterocycles. The maximum Gasteiger partial charge on any atom is 0.334 e. The minimum Gasteiger partial charge on any atom is -0.479 e. The number of carboxylic acids is 1. The lowest BCUT2D eigenvalue weighted by Gasteiger charge is -2.21. The molecule has 1 rings (SSSR count). The van der Waals surface area contributed by atoms with E-state index in [9.17, 15) is 9.59 Å². The van der Waals surface area contributed by atoms with Crippen LogP contribution in [0, 0.1) is 0 Å². The van der Waals surface area contributed by atoms with Gasteiger partial charge in [-0.05, 0) is 20.0 Å². The van der Waals surface area contributed by atoms with E-state index < -0.39 is 12.1 Å². The van der Waals surface area contributed by atoms with Gasteiger partial charge in [0.2, 0.25) is 0 Å². The number of carboxylic acid groups (broad SMARTS) is 1. The molecule has 3 N–H and O–H groups in total. The predicted octanol–water partition coefficient (Wildman–Crippen LogP) is -1.22. The monoisotopic (exact) mass is 245 g/mol. The number of rotatable bonds is 3. The van der Waals surface area contributed by atoms with Crippen molar-refractivity contribution in [3.8, 4) is 0 Å². The summed E-state index contributed by atoms with van der Waals surface area (Å²) in [5, 5.41) is 19.9. The Morgan fingerprint density at radius 3 is 2.65 bits per heavy atom. The molecule has 1 aliphatic heterocycles. The standard InChI is InChI=1S/C10H19N3O4/c1-12-3-2-4-13(6-5-12)10(17)11-7-8(14)9(15)16/h8,14H,2-7H2,1H3,(H,11,17)(H,15,16). The van der Waals surface area contributed by atoms with E-state index in [0.29, 0.717) is 13.1 Å². The summed E-state index contributed by atoms with van der Waals surface area (Å²) < 4.78 is 0. The fraction of sp³-hybridized carbons (Fsp3) is 0.800. The van der Waals surface area contributed by atoms with Crippen molar-refractivity contribution in [3.05, 3.63) is 0 Å². The average molecular weight is 245 g/mol.